The molecule has 0 aromatic heterocycles. The van der Waals surface area contributed by atoms with E-state index in [1.165, 1.54) is 0 Å². The van der Waals surface area contributed by atoms with E-state index in [1.54, 1.807) is 6.08 Å². The predicted molar refractivity (Wildman–Crippen MR) is 63.7 cm³/mol. The van der Waals surface area contributed by atoms with Crippen LogP contribution in [-0.4, -0.2) is 41.6 Å². The van der Waals surface area contributed by atoms with Gasteiger partial charge in [-0.25, -0.2) is 4.79 Å². The molecule has 0 saturated heterocycles. The second-order valence-electron chi connectivity index (χ2n) is 3.06. The van der Waals surface area contributed by atoms with Gasteiger partial charge in [0.1, 0.15) is 0 Å². The van der Waals surface area contributed by atoms with E-state index >= 15 is 0 Å². The van der Waals surface area contributed by atoms with Crippen LogP contribution in [0.4, 0.5) is 0 Å². The average molecular weight is 247 g/mol. The number of ether oxygens (including phenoxy) is 3. The lowest BCUT2D eigenvalue weighted by molar-refractivity contribution is -0.377. The van der Waals surface area contributed by atoms with Crippen molar-refractivity contribution in [3.8, 4) is 0 Å². The highest BCUT2D eigenvalue weighted by atomic mass is 28.2. The molecule has 0 N–H and O–H groups in total. The summed E-state index contributed by atoms with van der Waals surface area (Å²) in [6.45, 7) is 7.27. The van der Waals surface area contributed by atoms with Gasteiger partial charge in [-0.3, -0.25) is 4.66 Å². The molecule has 0 aliphatic carbocycles. The molecule has 0 fully saturated rings. The van der Waals surface area contributed by atoms with Crippen LogP contribution in [0.2, 0.25) is 6.04 Å². The minimum absolute atomic E-state index is 0.526. The van der Waals surface area contributed by atoms with E-state index < -0.39 is 15.7 Å². The molecule has 0 unspecified atom stereocenters. The molecule has 0 atom stereocenters. The van der Waals surface area contributed by atoms with Crippen LogP contribution >= 0.6 is 0 Å². The van der Waals surface area contributed by atoms with Crippen LogP contribution in [0.1, 0.15) is 27.2 Å². The van der Waals surface area contributed by atoms with Crippen molar-refractivity contribution in [2.24, 2.45) is 4.66 Å². The summed E-state index contributed by atoms with van der Waals surface area (Å²) in [5.74, 6) is -0.955. The molecule has 0 saturated carbocycles. The van der Waals surface area contributed by atoms with Gasteiger partial charge >= 0.3 is 0 Å². The van der Waals surface area contributed by atoms with Crippen molar-refractivity contribution in [1.82, 2.24) is 0 Å². The summed E-state index contributed by atoms with van der Waals surface area (Å²) in [6.07, 6.45) is 2.18. The van der Waals surface area contributed by atoms with Crippen LogP contribution in [0.3, 0.4) is 0 Å². The number of hydrogen-bond acceptors (Lipinski definition) is 5. The third-order valence-corrected chi connectivity index (χ3v) is 2.93. The fraction of sp³-hybridized carbons (Fsp3) is 0.900. The molecule has 0 aliphatic rings. The summed E-state index contributed by atoms with van der Waals surface area (Å²) >= 11 is 0. The molecule has 0 aromatic carbocycles. The summed E-state index contributed by atoms with van der Waals surface area (Å²) in [4.78, 5) is 9.96. The normalized spacial score (nSPS) is 11.9. The Labute approximate surface area is 99.1 Å². The van der Waals surface area contributed by atoms with Gasteiger partial charge in [0.05, 0.1) is 0 Å². The largest absolute Gasteiger partial charge is 0.328 e. The Kier molecular flexibility index (Phi) is 9.37. The first-order valence-corrected chi connectivity index (χ1v) is 7.33. The molecule has 0 bridgehead atoms. The van der Waals surface area contributed by atoms with Crippen molar-refractivity contribution in [1.29, 1.82) is 0 Å². The second-order valence-corrected chi connectivity index (χ2v) is 4.53. The summed E-state index contributed by atoms with van der Waals surface area (Å²) in [5, 5.41) is 0. The molecule has 0 aliphatic heterocycles. The summed E-state index contributed by atoms with van der Waals surface area (Å²) < 4.78 is 20.2. The van der Waals surface area contributed by atoms with Crippen LogP contribution in [-0.2, 0) is 19.0 Å². The highest BCUT2D eigenvalue weighted by Gasteiger charge is 2.31. The quantitative estimate of drug-likeness (QED) is 0.190. The van der Waals surface area contributed by atoms with Crippen molar-refractivity contribution < 1.29 is 19.0 Å². The first kappa shape index (κ1) is 15.5. The number of carbonyl (C=O) groups excluding carboxylic acids is 1. The molecule has 94 valence electrons. The Morgan fingerprint density at radius 3 is 2.00 bits per heavy atom. The second kappa shape index (κ2) is 9.69. The zero-order valence-electron chi connectivity index (χ0n) is 10.3. The van der Waals surface area contributed by atoms with Gasteiger partial charge < -0.3 is 14.2 Å². The molecular formula is C10H21NO4Si. The van der Waals surface area contributed by atoms with Crippen molar-refractivity contribution in [2.75, 3.05) is 19.8 Å². The molecule has 0 rings (SSSR count). The van der Waals surface area contributed by atoms with Gasteiger partial charge in [-0.05, 0) is 26.8 Å². The molecule has 5 nitrogen and oxygen atoms in total. The van der Waals surface area contributed by atoms with Crippen LogP contribution in [0.15, 0.2) is 4.66 Å². The maximum absolute atomic E-state index is 9.96. The van der Waals surface area contributed by atoms with E-state index in [-0.39, 0.29) is 0 Å². The number of hydrogen-bond donors (Lipinski definition) is 0. The molecule has 6 heteroatoms. The highest BCUT2D eigenvalue weighted by molar-refractivity contribution is 6.34. The van der Waals surface area contributed by atoms with Gasteiger partial charge in [0.25, 0.3) is 5.97 Å². The van der Waals surface area contributed by atoms with E-state index in [2.05, 4.69) is 4.66 Å². The highest BCUT2D eigenvalue weighted by Crippen LogP contribution is 2.22. The van der Waals surface area contributed by atoms with E-state index in [4.69, 9.17) is 14.2 Å². The summed E-state index contributed by atoms with van der Waals surface area (Å²) in [6, 6.07) is 0.801. The third-order valence-electron chi connectivity index (χ3n) is 1.91. The lowest BCUT2D eigenvalue weighted by atomic mass is 10.4. The molecule has 0 amide bonds. The average Bonchev–Trinajstić information content (AvgIpc) is 2.26. The Bertz CT molecular complexity index is 202. The van der Waals surface area contributed by atoms with Crippen LogP contribution in [0.25, 0.3) is 0 Å². The molecule has 0 aromatic rings. The van der Waals surface area contributed by atoms with Gasteiger partial charge in [-0.15, -0.1) is 0 Å². The minimum atomic E-state index is -0.955. The fourth-order valence-corrected chi connectivity index (χ4v) is 2.26. The van der Waals surface area contributed by atoms with Crippen molar-refractivity contribution in [2.45, 2.75) is 39.2 Å². The van der Waals surface area contributed by atoms with Gasteiger partial charge in [-0.1, -0.05) is 0 Å². The fourth-order valence-electron chi connectivity index (χ4n) is 1.42. The Morgan fingerprint density at radius 2 is 1.62 bits per heavy atom. The standard InChI is InChI=1S/C10H21NO4Si/c1-4-13-10(14-5-2,15-6-3)7-8-16-11-9-12/h4-8,16H2,1-3H3. The van der Waals surface area contributed by atoms with Crippen molar-refractivity contribution in [3.63, 3.8) is 0 Å². The van der Waals surface area contributed by atoms with Gasteiger partial charge in [0.2, 0.25) is 6.08 Å². The first-order chi connectivity index (χ1) is 7.74. The lowest BCUT2D eigenvalue weighted by Crippen LogP contribution is -2.39. The molecule has 0 radical (unpaired) electrons. The van der Waals surface area contributed by atoms with Crippen LogP contribution in [0, 0.1) is 0 Å². The Morgan fingerprint density at radius 1 is 1.12 bits per heavy atom. The van der Waals surface area contributed by atoms with E-state index in [9.17, 15) is 4.79 Å². The van der Waals surface area contributed by atoms with Crippen molar-refractivity contribution in [3.05, 3.63) is 0 Å². The van der Waals surface area contributed by atoms with E-state index in [0.717, 1.165) is 6.04 Å². The molecule has 16 heavy (non-hydrogen) atoms. The minimum Gasteiger partial charge on any atom is -0.328 e. The topological polar surface area (TPSA) is 57.1 Å². The summed E-state index contributed by atoms with van der Waals surface area (Å²) in [5.41, 5.74) is 0. The first-order valence-electron chi connectivity index (χ1n) is 5.70. The summed E-state index contributed by atoms with van der Waals surface area (Å²) in [7, 11) is -0.758. The molecular weight excluding hydrogens is 226 g/mol. The van der Waals surface area contributed by atoms with Gasteiger partial charge in [0.15, 0.2) is 9.68 Å². The lowest BCUT2D eigenvalue weighted by Gasteiger charge is -2.32. The van der Waals surface area contributed by atoms with Crippen molar-refractivity contribution >= 4 is 15.8 Å². The Balaban J connectivity index is 4.27. The van der Waals surface area contributed by atoms with E-state index in [0.29, 0.717) is 26.2 Å². The monoisotopic (exact) mass is 247 g/mol. The smallest absolute Gasteiger partial charge is 0.282 e. The van der Waals surface area contributed by atoms with Crippen LogP contribution < -0.4 is 0 Å². The maximum Gasteiger partial charge on any atom is 0.282 e. The third kappa shape index (κ3) is 6.15. The molecule has 0 heterocycles. The predicted octanol–water partition coefficient (Wildman–Crippen LogP) is 0.978. The number of rotatable bonds is 10. The zero-order valence-corrected chi connectivity index (χ0v) is 11.7. The Hall–Kier alpha value is -0.523. The number of isocyanates is 1. The molecule has 0 spiro atoms. The zero-order chi connectivity index (χ0) is 12.3. The van der Waals surface area contributed by atoms with Crippen LogP contribution in [0.5, 0.6) is 0 Å². The van der Waals surface area contributed by atoms with E-state index in [1.807, 2.05) is 20.8 Å². The van der Waals surface area contributed by atoms with Gasteiger partial charge in [0, 0.05) is 26.2 Å². The number of nitrogens with zero attached hydrogens (tertiary/aromatic N) is 1. The maximum atomic E-state index is 9.96. The SMILES string of the molecule is CCOC(CC[SiH2]N=C=O)(OCC)OCC. The van der Waals surface area contributed by atoms with Gasteiger partial charge in [-0.2, -0.15) is 0 Å².